The van der Waals surface area contributed by atoms with E-state index in [4.69, 9.17) is 23.2 Å². The van der Waals surface area contributed by atoms with E-state index >= 15 is 0 Å². The first-order valence-electron chi connectivity index (χ1n) is 7.62. The molecule has 1 nitrogen and oxygen atoms in total. The van der Waals surface area contributed by atoms with Crippen LogP contribution in [0.5, 0.6) is 0 Å². The number of hydrogen-bond donors (Lipinski definition) is 0. The number of fused-ring (bicyclic) bond motifs is 2. The van der Waals surface area contributed by atoms with Gasteiger partial charge in [0.05, 0.1) is 15.7 Å². The van der Waals surface area contributed by atoms with Gasteiger partial charge in [0.25, 0.3) is 0 Å². The summed E-state index contributed by atoms with van der Waals surface area (Å²) in [6.45, 7) is 0. The lowest BCUT2D eigenvalue weighted by atomic mass is 9.97. The van der Waals surface area contributed by atoms with Gasteiger partial charge in [-0.2, -0.15) is 0 Å². The van der Waals surface area contributed by atoms with Crippen LogP contribution in [0.3, 0.4) is 0 Å². The molecule has 4 aromatic rings. The van der Waals surface area contributed by atoms with E-state index in [1.54, 1.807) is 6.07 Å². The third kappa shape index (κ3) is 2.66. The van der Waals surface area contributed by atoms with Gasteiger partial charge in [-0.25, -0.2) is 0 Å². The van der Waals surface area contributed by atoms with E-state index < -0.39 is 0 Å². The molecule has 116 valence electrons. The Kier molecular flexibility index (Phi) is 3.97. The molecular formula is C21H13Cl2N. The molecular weight excluding hydrogens is 337 g/mol. The van der Waals surface area contributed by atoms with Crippen molar-refractivity contribution < 1.29 is 0 Å². The standard InChI is InChI=1S/C21H13Cl2N/c22-19-10-5-11-20(21(19)23)24-13-18-16-8-3-1-6-14(16)12-15-7-2-4-9-17(15)18/h1-13H. The number of halogens is 2. The van der Waals surface area contributed by atoms with Crippen LogP contribution in [-0.4, -0.2) is 6.21 Å². The van der Waals surface area contributed by atoms with Crippen LogP contribution in [0.15, 0.2) is 77.8 Å². The molecule has 0 saturated heterocycles. The molecule has 0 amide bonds. The van der Waals surface area contributed by atoms with Crippen LogP contribution in [0.2, 0.25) is 10.0 Å². The third-order valence-corrected chi connectivity index (χ3v) is 4.89. The van der Waals surface area contributed by atoms with Gasteiger partial charge in [-0.3, -0.25) is 4.99 Å². The van der Waals surface area contributed by atoms with Gasteiger partial charge in [-0.15, -0.1) is 0 Å². The highest BCUT2D eigenvalue weighted by Gasteiger charge is 2.06. The maximum absolute atomic E-state index is 6.25. The van der Waals surface area contributed by atoms with Crippen LogP contribution in [0.25, 0.3) is 21.5 Å². The minimum atomic E-state index is 0.472. The first kappa shape index (κ1) is 15.2. The maximum Gasteiger partial charge on any atom is 0.0848 e. The first-order valence-corrected chi connectivity index (χ1v) is 8.38. The molecule has 0 spiro atoms. The van der Waals surface area contributed by atoms with Crippen molar-refractivity contribution in [1.82, 2.24) is 0 Å². The van der Waals surface area contributed by atoms with Gasteiger partial charge in [0.2, 0.25) is 0 Å². The molecule has 0 unspecified atom stereocenters. The Hall–Kier alpha value is -2.35. The van der Waals surface area contributed by atoms with Crippen molar-refractivity contribution >= 4 is 56.6 Å². The first-order chi connectivity index (χ1) is 11.7. The highest BCUT2D eigenvalue weighted by Crippen LogP contribution is 2.33. The van der Waals surface area contributed by atoms with Crippen molar-refractivity contribution in [2.75, 3.05) is 0 Å². The van der Waals surface area contributed by atoms with E-state index in [-0.39, 0.29) is 0 Å². The van der Waals surface area contributed by atoms with Crippen LogP contribution < -0.4 is 0 Å². The zero-order valence-corrected chi connectivity index (χ0v) is 14.2. The van der Waals surface area contributed by atoms with E-state index in [2.05, 4.69) is 35.3 Å². The molecule has 0 radical (unpaired) electrons. The van der Waals surface area contributed by atoms with Crippen molar-refractivity contribution in [3.63, 3.8) is 0 Å². The average Bonchev–Trinajstić information content (AvgIpc) is 2.62. The van der Waals surface area contributed by atoms with Gasteiger partial charge in [0.1, 0.15) is 0 Å². The second-order valence-electron chi connectivity index (χ2n) is 5.56. The summed E-state index contributed by atoms with van der Waals surface area (Å²) in [5.41, 5.74) is 1.75. The van der Waals surface area contributed by atoms with Gasteiger partial charge >= 0.3 is 0 Å². The van der Waals surface area contributed by atoms with Gasteiger partial charge in [-0.05, 0) is 39.7 Å². The number of aliphatic imine (C=N–C) groups is 1. The van der Waals surface area contributed by atoms with E-state index in [0.717, 1.165) is 16.3 Å². The summed E-state index contributed by atoms with van der Waals surface area (Å²) in [5.74, 6) is 0. The molecule has 24 heavy (non-hydrogen) atoms. The number of benzene rings is 4. The van der Waals surface area contributed by atoms with Crippen LogP contribution >= 0.6 is 23.2 Å². The summed E-state index contributed by atoms with van der Waals surface area (Å²) in [5, 5.41) is 5.69. The second-order valence-corrected chi connectivity index (χ2v) is 6.35. The largest absolute Gasteiger partial charge is 0.255 e. The number of rotatable bonds is 2. The lowest BCUT2D eigenvalue weighted by Gasteiger charge is -2.08. The lowest BCUT2D eigenvalue weighted by molar-refractivity contribution is 1.53. The Morgan fingerprint density at radius 2 is 1.33 bits per heavy atom. The molecule has 0 aromatic heterocycles. The summed E-state index contributed by atoms with van der Waals surface area (Å²) in [7, 11) is 0. The highest BCUT2D eigenvalue weighted by molar-refractivity contribution is 6.43. The van der Waals surface area contributed by atoms with Gasteiger partial charge in [0, 0.05) is 11.8 Å². The predicted octanol–water partition coefficient (Wildman–Crippen LogP) is 7.05. The van der Waals surface area contributed by atoms with E-state index in [0.29, 0.717) is 15.7 Å². The van der Waals surface area contributed by atoms with Crippen molar-refractivity contribution in [2.45, 2.75) is 0 Å². The van der Waals surface area contributed by atoms with Crippen LogP contribution in [0, 0.1) is 0 Å². The number of hydrogen-bond acceptors (Lipinski definition) is 1. The quantitative estimate of drug-likeness (QED) is 0.271. The molecule has 0 saturated carbocycles. The lowest BCUT2D eigenvalue weighted by Crippen LogP contribution is -1.88. The van der Waals surface area contributed by atoms with Crippen LogP contribution in [0.1, 0.15) is 5.56 Å². The van der Waals surface area contributed by atoms with Crippen molar-refractivity contribution in [1.29, 1.82) is 0 Å². The summed E-state index contributed by atoms with van der Waals surface area (Å²) in [6, 6.07) is 24.3. The molecule has 0 aliphatic carbocycles. The molecule has 3 heteroatoms. The molecule has 0 bridgehead atoms. The Morgan fingerprint density at radius 1 is 0.708 bits per heavy atom. The summed E-state index contributed by atoms with van der Waals surface area (Å²) >= 11 is 12.3. The summed E-state index contributed by atoms with van der Waals surface area (Å²) in [6.07, 6.45) is 1.88. The Balaban J connectivity index is 1.97. The fourth-order valence-corrected chi connectivity index (χ4v) is 3.26. The smallest absolute Gasteiger partial charge is 0.0848 e. The van der Waals surface area contributed by atoms with Crippen molar-refractivity contribution in [3.05, 3.63) is 88.4 Å². The normalized spacial score (nSPS) is 11.6. The molecule has 4 rings (SSSR count). The second kappa shape index (κ2) is 6.27. The van der Waals surface area contributed by atoms with Crippen LogP contribution in [-0.2, 0) is 0 Å². The Bertz CT molecular complexity index is 1030. The molecule has 0 atom stereocenters. The monoisotopic (exact) mass is 349 g/mol. The van der Waals surface area contributed by atoms with Gasteiger partial charge in [0.15, 0.2) is 0 Å². The Labute approximate surface area is 150 Å². The molecule has 0 heterocycles. The van der Waals surface area contributed by atoms with E-state index in [9.17, 15) is 0 Å². The summed E-state index contributed by atoms with van der Waals surface area (Å²) < 4.78 is 0. The minimum Gasteiger partial charge on any atom is -0.255 e. The van der Waals surface area contributed by atoms with Gasteiger partial charge in [-0.1, -0.05) is 77.8 Å². The van der Waals surface area contributed by atoms with E-state index in [1.165, 1.54) is 10.8 Å². The van der Waals surface area contributed by atoms with Crippen molar-refractivity contribution in [3.8, 4) is 0 Å². The molecule has 4 aromatic carbocycles. The van der Waals surface area contributed by atoms with Crippen LogP contribution in [0.4, 0.5) is 5.69 Å². The fraction of sp³-hybridized carbons (Fsp3) is 0. The minimum absolute atomic E-state index is 0.472. The highest BCUT2D eigenvalue weighted by atomic mass is 35.5. The van der Waals surface area contributed by atoms with Crippen molar-refractivity contribution in [2.24, 2.45) is 4.99 Å². The zero-order valence-electron chi connectivity index (χ0n) is 12.7. The number of nitrogens with zero attached hydrogens (tertiary/aromatic N) is 1. The molecule has 0 aliphatic rings. The summed E-state index contributed by atoms with van der Waals surface area (Å²) in [4.78, 5) is 4.60. The SMILES string of the molecule is Clc1cccc(N=Cc2c3ccccc3cc3ccccc23)c1Cl. The third-order valence-electron chi connectivity index (χ3n) is 4.08. The molecule has 0 fully saturated rings. The van der Waals surface area contributed by atoms with Gasteiger partial charge < -0.3 is 0 Å². The molecule has 0 N–H and O–H groups in total. The molecule has 0 aliphatic heterocycles. The Morgan fingerprint density at radius 3 is 2.00 bits per heavy atom. The maximum atomic E-state index is 6.25. The topological polar surface area (TPSA) is 12.4 Å². The van der Waals surface area contributed by atoms with E-state index in [1.807, 2.05) is 42.6 Å². The zero-order chi connectivity index (χ0) is 16.5. The predicted molar refractivity (Wildman–Crippen MR) is 105 cm³/mol. The average molecular weight is 350 g/mol. The fourth-order valence-electron chi connectivity index (χ4n) is 2.91.